The summed E-state index contributed by atoms with van der Waals surface area (Å²) in [6.45, 7) is 4.96. The van der Waals surface area contributed by atoms with Crippen LogP contribution in [0.1, 0.15) is 24.2 Å². The standard InChI is InChI=1S/C15H21BrN2O3/c1-10(2)7-18(9-15(17)20)8-13(19)11-4-5-14(21-3)12(16)6-11/h4-6,10H,7-9H2,1-3H3,(H2,17,20). The number of carbonyl (C=O) groups is 2. The summed E-state index contributed by atoms with van der Waals surface area (Å²) < 4.78 is 5.86. The third kappa shape index (κ3) is 5.85. The van der Waals surface area contributed by atoms with Crippen LogP contribution in [0, 0.1) is 5.92 Å². The van der Waals surface area contributed by atoms with E-state index in [0.717, 1.165) is 4.47 Å². The van der Waals surface area contributed by atoms with Gasteiger partial charge in [-0.3, -0.25) is 14.5 Å². The van der Waals surface area contributed by atoms with Crippen molar-refractivity contribution in [3.05, 3.63) is 28.2 Å². The SMILES string of the molecule is COc1ccc(C(=O)CN(CC(N)=O)CC(C)C)cc1Br. The minimum Gasteiger partial charge on any atom is -0.496 e. The summed E-state index contributed by atoms with van der Waals surface area (Å²) in [4.78, 5) is 25.2. The summed E-state index contributed by atoms with van der Waals surface area (Å²) in [5.74, 6) is 0.530. The summed E-state index contributed by atoms with van der Waals surface area (Å²) in [7, 11) is 1.57. The highest BCUT2D eigenvalue weighted by atomic mass is 79.9. The molecule has 116 valence electrons. The Morgan fingerprint density at radius 1 is 1.33 bits per heavy atom. The number of nitrogens with two attached hydrogens (primary N) is 1. The van der Waals surface area contributed by atoms with E-state index in [2.05, 4.69) is 15.9 Å². The highest BCUT2D eigenvalue weighted by Gasteiger charge is 2.16. The highest BCUT2D eigenvalue weighted by molar-refractivity contribution is 9.10. The Balaban J connectivity index is 2.80. The van der Waals surface area contributed by atoms with Gasteiger partial charge in [-0.25, -0.2) is 0 Å². The number of halogens is 1. The van der Waals surface area contributed by atoms with Crippen LogP contribution in [0.25, 0.3) is 0 Å². The second kappa shape index (κ2) is 8.14. The number of hydrogen-bond acceptors (Lipinski definition) is 4. The molecule has 0 radical (unpaired) electrons. The van der Waals surface area contributed by atoms with Crippen LogP contribution in [-0.2, 0) is 4.79 Å². The molecule has 0 fully saturated rings. The third-order valence-electron chi connectivity index (χ3n) is 2.84. The first-order valence-corrected chi connectivity index (χ1v) is 7.50. The second-order valence-corrected chi connectivity index (χ2v) is 6.16. The minimum atomic E-state index is -0.431. The van der Waals surface area contributed by atoms with Crippen LogP contribution in [0.2, 0.25) is 0 Å². The van der Waals surface area contributed by atoms with Gasteiger partial charge in [0.2, 0.25) is 5.91 Å². The van der Waals surface area contributed by atoms with Crippen LogP contribution in [0.5, 0.6) is 5.75 Å². The lowest BCUT2D eigenvalue weighted by molar-refractivity contribution is -0.119. The number of methoxy groups -OCH3 is 1. The summed E-state index contributed by atoms with van der Waals surface area (Å²) in [5.41, 5.74) is 5.80. The van der Waals surface area contributed by atoms with Crippen LogP contribution in [0.4, 0.5) is 0 Å². The zero-order valence-electron chi connectivity index (χ0n) is 12.6. The number of rotatable bonds is 8. The molecule has 5 nitrogen and oxygen atoms in total. The van der Waals surface area contributed by atoms with Gasteiger partial charge in [-0.15, -0.1) is 0 Å². The first kappa shape index (κ1) is 17.7. The fraction of sp³-hybridized carbons (Fsp3) is 0.467. The Labute approximate surface area is 133 Å². The fourth-order valence-electron chi connectivity index (χ4n) is 2.06. The smallest absolute Gasteiger partial charge is 0.231 e. The largest absolute Gasteiger partial charge is 0.496 e. The molecule has 0 unspecified atom stereocenters. The van der Waals surface area contributed by atoms with E-state index in [9.17, 15) is 9.59 Å². The molecule has 6 heteroatoms. The van der Waals surface area contributed by atoms with E-state index in [0.29, 0.717) is 23.8 Å². The zero-order valence-corrected chi connectivity index (χ0v) is 14.1. The predicted octanol–water partition coefficient (Wildman–Crippen LogP) is 2.08. The summed E-state index contributed by atoms with van der Waals surface area (Å²) >= 11 is 3.36. The quantitative estimate of drug-likeness (QED) is 0.723. The van der Waals surface area contributed by atoms with Crippen molar-refractivity contribution in [3.63, 3.8) is 0 Å². The van der Waals surface area contributed by atoms with Gasteiger partial charge in [0.05, 0.1) is 24.7 Å². The number of ketones is 1. The third-order valence-corrected chi connectivity index (χ3v) is 3.46. The van der Waals surface area contributed by atoms with Crippen molar-refractivity contribution in [3.8, 4) is 5.75 Å². The first-order chi connectivity index (χ1) is 9.83. The van der Waals surface area contributed by atoms with Gasteiger partial charge in [-0.2, -0.15) is 0 Å². The molecule has 0 aromatic heterocycles. The number of carbonyl (C=O) groups excluding carboxylic acids is 2. The van der Waals surface area contributed by atoms with Crippen LogP contribution in [-0.4, -0.2) is 43.3 Å². The Bertz CT molecular complexity index is 518. The fourth-order valence-corrected chi connectivity index (χ4v) is 2.60. The number of primary amides is 1. The molecule has 0 aliphatic carbocycles. The van der Waals surface area contributed by atoms with Crippen molar-refractivity contribution >= 4 is 27.6 Å². The molecule has 0 saturated heterocycles. The molecule has 2 N–H and O–H groups in total. The van der Waals surface area contributed by atoms with Crippen molar-refractivity contribution in [2.24, 2.45) is 11.7 Å². The van der Waals surface area contributed by atoms with Crippen LogP contribution in [0.3, 0.4) is 0 Å². The van der Waals surface area contributed by atoms with Gasteiger partial charge in [-0.05, 0) is 40.0 Å². The number of Topliss-reactive ketones (excluding diaryl/α,β-unsaturated/α-hetero) is 1. The number of ether oxygens (including phenoxy) is 1. The van der Waals surface area contributed by atoms with E-state index in [1.807, 2.05) is 13.8 Å². The maximum Gasteiger partial charge on any atom is 0.231 e. The summed E-state index contributed by atoms with van der Waals surface area (Å²) in [6.07, 6.45) is 0. The van der Waals surface area contributed by atoms with Crippen LogP contribution < -0.4 is 10.5 Å². The summed E-state index contributed by atoms with van der Waals surface area (Å²) in [6, 6.07) is 5.17. The number of amides is 1. The van der Waals surface area contributed by atoms with Crippen molar-refractivity contribution in [2.45, 2.75) is 13.8 Å². The predicted molar refractivity (Wildman–Crippen MR) is 85.5 cm³/mol. The molecule has 0 heterocycles. The van der Waals surface area contributed by atoms with Crippen LogP contribution in [0.15, 0.2) is 22.7 Å². The van der Waals surface area contributed by atoms with Gasteiger partial charge in [0.15, 0.2) is 5.78 Å². The molecule has 0 aliphatic heterocycles. The van der Waals surface area contributed by atoms with Gasteiger partial charge in [0.25, 0.3) is 0 Å². The molecule has 0 aliphatic rings. The lowest BCUT2D eigenvalue weighted by Crippen LogP contribution is -2.39. The molecular formula is C15H21BrN2O3. The Hall–Kier alpha value is -1.40. The van der Waals surface area contributed by atoms with Crippen molar-refractivity contribution < 1.29 is 14.3 Å². The van der Waals surface area contributed by atoms with Gasteiger partial charge in [0, 0.05) is 12.1 Å². The van der Waals surface area contributed by atoms with Gasteiger partial charge >= 0.3 is 0 Å². The molecule has 0 spiro atoms. The number of nitrogens with zero attached hydrogens (tertiary/aromatic N) is 1. The monoisotopic (exact) mass is 356 g/mol. The Morgan fingerprint density at radius 2 is 2.00 bits per heavy atom. The normalized spacial score (nSPS) is 11.0. The topological polar surface area (TPSA) is 72.6 Å². The molecule has 1 aromatic carbocycles. The van der Waals surface area contributed by atoms with E-state index in [4.69, 9.17) is 10.5 Å². The average molecular weight is 357 g/mol. The average Bonchev–Trinajstić information content (AvgIpc) is 2.36. The molecular weight excluding hydrogens is 336 g/mol. The maximum atomic E-state index is 12.3. The maximum absolute atomic E-state index is 12.3. The molecule has 1 amide bonds. The van der Waals surface area contributed by atoms with E-state index < -0.39 is 5.91 Å². The molecule has 0 atom stereocenters. The lowest BCUT2D eigenvalue weighted by atomic mass is 10.1. The van der Waals surface area contributed by atoms with E-state index in [1.165, 1.54) is 0 Å². The van der Waals surface area contributed by atoms with Crippen molar-refractivity contribution in [1.29, 1.82) is 0 Å². The highest BCUT2D eigenvalue weighted by Crippen LogP contribution is 2.25. The Morgan fingerprint density at radius 3 is 2.48 bits per heavy atom. The molecule has 21 heavy (non-hydrogen) atoms. The van der Waals surface area contributed by atoms with Crippen molar-refractivity contribution in [1.82, 2.24) is 4.90 Å². The van der Waals surface area contributed by atoms with E-state index >= 15 is 0 Å². The molecule has 1 aromatic rings. The van der Waals surface area contributed by atoms with Crippen LogP contribution >= 0.6 is 15.9 Å². The van der Waals surface area contributed by atoms with Crippen molar-refractivity contribution in [2.75, 3.05) is 26.7 Å². The van der Waals surface area contributed by atoms with Gasteiger partial charge in [-0.1, -0.05) is 13.8 Å². The summed E-state index contributed by atoms with van der Waals surface area (Å²) in [5, 5.41) is 0. The van der Waals surface area contributed by atoms with E-state index in [1.54, 1.807) is 30.2 Å². The zero-order chi connectivity index (χ0) is 16.0. The Kier molecular flexibility index (Phi) is 6.84. The number of hydrogen-bond donors (Lipinski definition) is 1. The van der Waals surface area contributed by atoms with Gasteiger partial charge < -0.3 is 10.5 Å². The molecule has 0 bridgehead atoms. The first-order valence-electron chi connectivity index (χ1n) is 6.71. The lowest BCUT2D eigenvalue weighted by Gasteiger charge is -2.22. The number of benzene rings is 1. The molecule has 1 rings (SSSR count). The van der Waals surface area contributed by atoms with Gasteiger partial charge in [0.1, 0.15) is 5.75 Å². The molecule has 0 saturated carbocycles. The second-order valence-electron chi connectivity index (χ2n) is 5.30. The van der Waals surface area contributed by atoms with E-state index in [-0.39, 0.29) is 18.9 Å². The minimum absolute atomic E-state index is 0.0553.